The Morgan fingerprint density at radius 2 is 1.93 bits per heavy atom. The molecule has 0 unspecified atom stereocenters. The highest BCUT2D eigenvalue weighted by atomic mass is 16.6. The van der Waals surface area contributed by atoms with Crippen molar-refractivity contribution in [2.24, 2.45) is 0 Å². The molecule has 1 aliphatic rings. The van der Waals surface area contributed by atoms with Gasteiger partial charge < -0.3 is 19.2 Å². The van der Waals surface area contributed by atoms with Crippen molar-refractivity contribution in [3.05, 3.63) is 59.3 Å². The number of para-hydroxylation sites is 1. The van der Waals surface area contributed by atoms with Gasteiger partial charge in [-0.3, -0.25) is 9.59 Å². The predicted molar refractivity (Wildman–Crippen MR) is 104 cm³/mol. The third kappa shape index (κ3) is 3.58. The van der Waals surface area contributed by atoms with E-state index in [1.165, 1.54) is 0 Å². The van der Waals surface area contributed by atoms with Crippen LogP contribution in [-0.4, -0.2) is 36.6 Å². The number of esters is 1. The normalized spacial score (nSPS) is 12.8. The number of Topliss-reactive ketones (excluding diaryl/α,β-unsaturated/α-hetero) is 1. The second kappa shape index (κ2) is 7.76. The zero-order valence-corrected chi connectivity index (χ0v) is 15.6. The molecular weight excluding hydrogens is 358 g/mol. The topological polar surface area (TPSA) is 77.6 Å². The smallest absolute Gasteiger partial charge is 0.310 e. The molecule has 0 aliphatic carbocycles. The summed E-state index contributed by atoms with van der Waals surface area (Å²) >= 11 is 0. The Labute approximate surface area is 162 Å². The van der Waals surface area contributed by atoms with Crippen LogP contribution in [0.3, 0.4) is 0 Å². The molecule has 3 aromatic rings. The number of rotatable bonds is 6. The quantitative estimate of drug-likeness (QED) is 0.524. The van der Waals surface area contributed by atoms with Gasteiger partial charge in [0, 0.05) is 22.7 Å². The van der Waals surface area contributed by atoms with Gasteiger partial charge in [0.25, 0.3) is 0 Å². The van der Waals surface area contributed by atoms with E-state index in [4.69, 9.17) is 14.2 Å². The van der Waals surface area contributed by atoms with Gasteiger partial charge in [0.15, 0.2) is 18.1 Å². The lowest BCUT2D eigenvalue weighted by Crippen LogP contribution is -2.17. The van der Waals surface area contributed by atoms with Crippen LogP contribution in [0.1, 0.15) is 28.4 Å². The molecule has 1 N–H and O–H groups in total. The van der Waals surface area contributed by atoms with E-state index in [2.05, 4.69) is 11.9 Å². The number of aromatic amines is 1. The Hall–Kier alpha value is -3.28. The lowest BCUT2D eigenvalue weighted by molar-refractivity contribution is -0.141. The van der Waals surface area contributed by atoms with E-state index in [0.717, 1.165) is 28.5 Å². The van der Waals surface area contributed by atoms with Gasteiger partial charge in [-0.15, -0.1) is 0 Å². The van der Waals surface area contributed by atoms with Crippen molar-refractivity contribution in [2.75, 3.05) is 19.8 Å². The first-order valence-electron chi connectivity index (χ1n) is 9.32. The predicted octanol–water partition coefficient (Wildman–Crippen LogP) is 3.47. The molecule has 2 heterocycles. The van der Waals surface area contributed by atoms with E-state index < -0.39 is 5.97 Å². The highest BCUT2D eigenvalue weighted by Crippen LogP contribution is 2.31. The molecule has 2 aromatic carbocycles. The van der Waals surface area contributed by atoms with Crippen LogP contribution in [0.5, 0.6) is 11.5 Å². The van der Waals surface area contributed by atoms with Gasteiger partial charge in [0.05, 0.1) is 6.42 Å². The van der Waals surface area contributed by atoms with Crippen molar-refractivity contribution in [2.45, 2.75) is 19.8 Å². The van der Waals surface area contributed by atoms with Crippen LogP contribution in [-0.2, 0) is 22.4 Å². The first kappa shape index (κ1) is 18.1. The number of H-pyrrole nitrogens is 1. The lowest BCUT2D eigenvalue weighted by Gasteiger charge is -2.18. The van der Waals surface area contributed by atoms with Crippen LogP contribution in [0, 0.1) is 0 Å². The average Bonchev–Trinajstić information content (AvgIpc) is 3.16. The van der Waals surface area contributed by atoms with E-state index >= 15 is 0 Å². The molecule has 6 heteroatoms. The Morgan fingerprint density at radius 3 is 2.75 bits per heavy atom. The SMILES string of the molecule is CCc1cccc2c(C(=O)COC(=O)Cc3ccc4c(c3)OCCO4)c[nH]c12. The van der Waals surface area contributed by atoms with Crippen LogP contribution >= 0.6 is 0 Å². The molecule has 28 heavy (non-hydrogen) atoms. The molecule has 0 radical (unpaired) electrons. The fourth-order valence-corrected chi connectivity index (χ4v) is 3.38. The van der Waals surface area contributed by atoms with Gasteiger partial charge in [-0.1, -0.05) is 31.2 Å². The summed E-state index contributed by atoms with van der Waals surface area (Å²) in [7, 11) is 0. The maximum absolute atomic E-state index is 12.5. The number of hydrogen-bond acceptors (Lipinski definition) is 5. The number of nitrogens with one attached hydrogen (secondary N) is 1. The van der Waals surface area contributed by atoms with Gasteiger partial charge in [0.1, 0.15) is 13.2 Å². The first-order chi connectivity index (χ1) is 13.7. The lowest BCUT2D eigenvalue weighted by atomic mass is 10.1. The average molecular weight is 379 g/mol. The van der Waals surface area contributed by atoms with Crippen molar-refractivity contribution < 1.29 is 23.8 Å². The van der Waals surface area contributed by atoms with E-state index in [1.807, 2.05) is 18.2 Å². The third-order valence-electron chi connectivity index (χ3n) is 4.80. The van der Waals surface area contributed by atoms with Crippen molar-refractivity contribution in [1.29, 1.82) is 0 Å². The summed E-state index contributed by atoms with van der Waals surface area (Å²) in [6, 6.07) is 11.2. The van der Waals surface area contributed by atoms with Crippen molar-refractivity contribution in [3.63, 3.8) is 0 Å². The number of carbonyl (C=O) groups excluding carboxylic acids is 2. The Kier molecular flexibility index (Phi) is 5.02. The molecule has 0 saturated carbocycles. The van der Waals surface area contributed by atoms with Gasteiger partial charge in [-0.2, -0.15) is 0 Å². The summed E-state index contributed by atoms with van der Waals surface area (Å²) < 4.78 is 16.2. The number of aryl methyl sites for hydroxylation is 1. The first-order valence-corrected chi connectivity index (χ1v) is 9.32. The van der Waals surface area contributed by atoms with Gasteiger partial charge >= 0.3 is 5.97 Å². The summed E-state index contributed by atoms with van der Waals surface area (Å²) in [5.41, 5.74) is 3.39. The fourth-order valence-electron chi connectivity index (χ4n) is 3.38. The maximum Gasteiger partial charge on any atom is 0.310 e. The minimum Gasteiger partial charge on any atom is -0.486 e. The third-order valence-corrected chi connectivity index (χ3v) is 4.80. The molecule has 4 rings (SSSR count). The summed E-state index contributed by atoms with van der Waals surface area (Å²) in [6.07, 6.45) is 2.62. The van der Waals surface area contributed by atoms with Crippen LogP contribution in [0.4, 0.5) is 0 Å². The minimum atomic E-state index is -0.459. The number of aromatic nitrogens is 1. The summed E-state index contributed by atoms with van der Waals surface area (Å²) in [5.74, 6) is 0.608. The van der Waals surface area contributed by atoms with E-state index in [0.29, 0.717) is 30.3 Å². The molecule has 0 amide bonds. The highest BCUT2D eigenvalue weighted by molar-refractivity contribution is 6.09. The Balaban J connectivity index is 1.39. The maximum atomic E-state index is 12.5. The van der Waals surface area contributed by atoms with Crippen LogP contribution in [0.15, 0.2) is 42.6 Å². The summed E-state index contributed by atoms with van der Waals surface area (Å²) in [4.78, 5) is 27.9. The summed E-state index contributed by atoms with van der Waals surface area (Å²) in [5, 5.41) is 0.854. The standard InChI is InChI=1S/C22H21NO5/c1-2-15-4-3-5-16-17(12-23-22(15)16)18(24)13-28-21(25)11-14-6-7-19-20(10-14)27-9-8-26-19/h3-7,10,12,23H,2,8-9,11,13H2,1H3. The Morgan fingerprint density at radius 1 is 1.11 bits per heavy atom. The van der Waals surface area contributed by atoms with Crippen LogP contribution < -0.4 is 9.47 Å². The van der Waals surface area contributed by atoms with E-state index in [9.17, 15) is 9.59 Å². The minimum absolute atomic E-state index is 0.0672. The number of ether oxygens (including phenoxy) is 3. The highest BCUT2D eigenvalue weighted by Gasteiger charge is 2.17. The number of benzene rings is 2. The monoisotopic (exact) mass is 379 g/mol. The molecule has 1 aliphatic heterocycles. The largest absolute Gasteiger partial charge is 0.486 e. The second-order valence-electron chi connectivity index (χ2n) is 6.63. The fraction of sp³-hybridized carbons (Fsp3) is 0.273. The van der Waals surface area contributed by atoms with Gasteiger partial charge in [-0.05, 0) is 29.7 Å². The number of hydrogen-bond donors (Lipinski definition) is 1. The molecule has 6 nitrogen and oxygen atoms in total. The molecule has 0 bridgehead atoms. The molecule has 0 spiro atoms. The molecule has 1 aromatic heterocycles. The van der Waals surface area contributed by atoms with Gasteiger partial charge in [-0.25, -0.2) is 0 Å². The van der Waals surface area contributed by atoms with E-state index in [1.54, 1.807) is 24.4 Å². The van der Waals surface area contributed by atoms with Crippen LogP contribution in [0.25, 0.3) is 10.9 Å². The zero-order chi connectivity index (χ0) is 19.5. The summed E-state index contributed by atoms with van der Waals surface area (Å²) in [6.45, 7) is 2.79. The molecule has 0 saturated heterocycles. The van der Waals surface area contributed by atoms with Crippen molar-refractivity contribution in [3.8, 4) is 11.5 Å². The van der Waals surface area contributed by atoms with Gasteiger partial charge in [0.2, 0.25) is 5.78 Å². The van der Waals surface area contributed by atoms with E-state index in [-0.39, 0.29) is 18.8 Å². The van der Waals surface area contributed by atoms with Crippen molar-refractivity contribution >= 4 is 22.7 Å². The molecule has 0 fully saturated rings. The zero-order valence-electron chi connectivity index (χ0n) is 15.6. The number of carbonyl (C=O) groups is 2. The Bertz CT molecular complexity index is 1040. The van der Waals surface area contributed by atoms with Crippen LogP contribution in [0.2, 0.25) is 0 Å². The molecule has 0 atom stereocenters. The van der Waals surface area contributed by atoms with Crippen molar-refractivity contribution in [1.82, 2.24) is 4.98 Å². The molecule has 144 valence electrons. The number of ketones is 1. The second-order valence-corrected chi connectivity index (χ2v) is 6.63. The number of fused-ring (bicyclic) bond motifs is 2. The molecular formula is C22H21NO5.